The lowest BCUT2D eigenvalue weighted by Gasteiger charge is -2.62. The highest BCUT2D eigenvalue weighted by molar-refractivity contribution is 6.44. The second-order valence-corrected chi connectivity index (χ2v) is 12.0. The Morgan fingerprint density at radius 2 is 1.94 bits per heavy atom. The minimum Gasteiger partial charge on any atom is -0.408 e. The minimum absolute atomic E-state index is 0.0229. The van der Waals surface area contributed by atoms with Gasteiger partial charge in [-0.05, 0) is 74.4 Å². The molecule has 5 rings (SSSR count). The van der Waals surface area contributed by atoms with Gasteiger partial charge < -0.3 is 19.5 Å². The SMILES string of the molecule is CCCCB1OC[C@H](O)[C@]2(CC[C@H]3[C@@H]4CC[C@@H]5C[C@H](O)CC[C@]5(C)[C@H]4C(=O)C[C@@]32C)O1. The molecule has 5 aliphatic rings. The van der Waals surface area contributed by atoms with E-state index in [9.17, 15) is 15.0 Å². The summed E-state index contributed by atoms with van der Waals surface area (Å²) in [7, 11) is -0.264. The van der Waals surface area contributed by atoms with Crippen molar-refractivity contribution < 1.29 is 24.3 Å². The Morgan fingerprint density at radius 1 is 1.13 bits per heavy atom. The summed E-state index contributed by atoms with van der Waals surface area (Å²) < 4.78 is 12.5. The van der Waals surface area contributed by atoms with Gasteiger partial charge in [0, 0.05) is 17.8 Å². The number of rotatable bonds is 3. The third-order valence-corrected chi connectivity index (χ3v) is 10.6. The van der Waals surface area contributed by atoms with Gasteiger partial charge in [-0.15, -0.1) is 0 Å². The Bertz CT molecular complexity index is 714. The van der Waals surface area contributed by atoms with Crippen molar-refractivity contribution in [1.29, 1.82) is 0 Å². The summed E-state index contributed by atoms with van der Waals surface area (Å²) in [5.74, 6) is 1.76. The van der Waals surface area contributed by atoms with Crippen LogP contribution < -0.4 is 0 Å². The van der Waals surface area contributed by atoms with Crippen LogP contribution in [-0.2, 0) is 14.1 Å². The number of aliphatic hydroxyl groups is 2. The highest BCUT2D eigenvalue weighted by Gasteiger charge is 2.70. The molecular formula is C25H41BO5. The Labute approximate surface area is 187 Å². The molecule has 0 bridgehead atoms. The second-order valence-electron chi connectivity index (χ2n) is 12.0. The lowest BCUT2D eigenvalue weighted by Crippen LogP contribution is -2.67. The predicted molar refractivity (Wildman–Crippen MR) is 119 cm³/mol. The maximum atomic E-state index is 13.9. The Hall–Kier alpha value is -0.425. The van der Waals surface area contributed by atoms with Crippen LogP contribution in [0.25, 0.3) is 0 Å². The number of carbonyl (C=O) groups is 1. The Kier molecular flexibility index (Phi) is 5.64. The molecular weight excluding hydrogens is 391 g/mol. The van der Waals surface area contributed by atoms with E-state index in [1.54, 1.807) is 0 Å². The van der Waals surface area contributed by atoms with Gasteiger partial charge in [0.05, 0.1) is 18.3 Å². The van der Waals surface area contributed by atoms with Crippen LogP contribution in [0.2, 0.25) is 6.32 Å². The van der Waals surface area contributed by atoms with Crippen LogP contribution in [0, 0.1) is 34.5 Å². The fourth-order valence-corrected chi connectivity index (χ4v) is 9.00. The van der Waals surface area contributed by atoms with Crippen LogP contribution in [0.1, 0.15) is 85.0 Å². The molecule has 4 aliphatic carbocycles. The monoisotopic (exact) mass is 432 g/mol. The van der Waals surface area contributed by atoms with Crippen LogP contribution in [0.3, 0.4) is 0 Å². The smallest absolute Gasteiger partial charge is 0.408 e. The van der Waals surface area contributed by atoms with Gasteiger partial charge in [-0.3, -0.25) is 4.79 Å². The third kappa shape index (κ3) is 3.14. The molecule has 174 valence electrons. The van der Waals surface area contributed by atoms with E-state index in [2.05, 4.69) is 20.8 Å². The zero-order chi connectivity index (χ0) is 22.0. The average molecular weight is 432 g/mol. The van der Waals surface area contributed by atoms with E-state index in [0.29, 0.717) is 36.6 Å². The van der Waals surface area contributed by atoms with Gasteiger partial charge in [0.25, 0.3) is 0 Å². The largest absolute Gasteiger partial charge is 0.457 e. The molecule has 1 saturated heterocycles. The summed E-state index contributed by atoms with van der Waals surface area (Å²) in [6.07, 6.45) is 9.36. The number of unbranched alkanes of at least 4 members (excludes halogenated alkanes) is 1. The molecule has 1 spiro atoms. The molecule has 5 nitrogen and oxygen atoms in total. The van der Waals surface area contributed by atoms with Gasteiger partial charge in [0.1, 0.15) is 11.9 Å². The van der Waals surface area contributed by atoms with Crippen molar-refractivity contribution in [2.75, 3.05) is 6.61 Å². The van der Waals surface area contributed by atoms with Gasteiger partial charge in [-0.1, -0.05) is 33.6 Å². The first-order chi connectivity index (χ1) is 14.7. The molecule has 9 atom stereocenters. The zero-order valence-corrected chi connectivity index (χ0v) is 19.6. The van der Waals surface area contributed by atoms with Crippen molar-refractivity contribution >= 4 is 12.9 Å². The summed E-state index contributed by atoms with van der Waals surface area (Å²) in [5.41, 5.74) is -0.957. The number of ketones is 1. The van der Waals surface area contributed by atoms with Crippen LogP contribution in [0.5, 0.6) is 0 Å². The Morgan fingerprint density at radius 3 is 2.71 bits per heavy atom. The van der Waals surface area contributed by atoms with Crippen LogP contribution in [-0.4, -0.2) is 47.5 Å². The van der Waals surface area contributed by atoms with E-state index < -0.39 is 11.7 Å². The number of hydrogen-bond acceptors (Lipinski definition) is 5. The zero-order valence-electron chi connectivity index (χ0n) is 19.6. The van der Waals surface area contributed by atoms with Gasteiger partial charge in [0.2, 0.25) is 0 Å². The van der Waals surface area contributed by atoms with Gasteiger partial charge in [-0.25, -0.2) is 0 Å². The first-order valence-electron chi connectivity index (χ1n) is 12.9. The van der Waals surface area contributed by atoms with Crippen molar-refractivity contribution in [2.24, 2.45) is 34.5 Å². The van der Waals surface area contributed by atoms with E-state index in [-0.39, 0.29) is 30.0 Å². The van der Waals surface area contributed by atoms with E-state index in [1.165, 1.54) is 0 Å². The van der Waals surface area contributed by atoms with E-state index in [4.69, 9.17) is 9.31 Å². The average Bonchev–Trinajstić information content (AvgIpc) is 3.01. The summed E-state index contributed by atoms with van der Waals surface area (Å²) in [6, 6.07) is 0. The number of fused-ring (bicyclic) bond motifs is 6. The van der Waals surface area contributed by atoms with Crippen molar-refractivity contribution in [3.63, 3.8) is 0 Å². The topological polar surface area (TPSA) is 76.0 Å². The number of Topliss-reactive ketones (excluding diaryl/α,β-unsaturated/α-hetero) is 1. The molecule has 0 radical (unpaired) electrons. The molecule has 6 heteroatoms. The molecule has 2 N–H and O–H groups in total. The molecule has 0 aromatic rings. The third-order valence-electron chi connectivity index (χ3n) is 10.6. The van der Waals surface area contributed by atoms with E-state index in [1.807, 2.05) is 0 Å². The molecule has 0 amide bonds. The van der Waals surface area contributed by atoms with Gasteiger partial charge in [0.15, 0.2) is 0 Å². The van der Waals surface area contributed by atoms with Crippen LogP contribution >= 0.6 is 0 Å². The maximum absolute atomic E-state index is 13.9. The van der Waals surface area contributed by atoms with Crippen molar-refractivity contribution in [3.8, 4) is 0 Å². The van der Waals surface area contributed by atoms with Crippen LogP contribution in [0.4, 0.5) is 0 Å². The summed E-state index contributed by atoms with van der Waals surface area (Å²) in [6.45, 7) is 7.06. The molecule has 1 heterocycles. The molecule has 0 unspecified atom stereocenters. The molecule has 0 aromatic carbocycles. The molecule has 1 aliphatic heterocycles. The lowest BCUT2D eigenvalue weighted by atomic mass is 9.43. The van der Waals surface area contributed by atoms with Crippen molar-refractivity contribution in [2.45, 2.75) is 109 Å². The molecule has 5 fully saturated rings. The normalized spacial score (nSPS) is 52.0. The first kappa shape index (κ1) is 22.4. The van der Waals surface area contributed by atoms with Gasteiger partial charge in [-0.2, -0.15) is 0 Å². The summed E-state index contributed by atoms with van der Waals surface area (Å²) in [5, 5.41) is 21.4. The quantitative estimate of drug-likeness (QED) is 0.660. The Balaban J connectivity index is 1.45. The fraction of sp³-hybridized carbons (Fsp3) is 0.960. The number of aliphatic hydroxyl groups excluding tert-OH is 2. The number of carbonyl (C=O) groups excluding carboxylic acids is 1. The predicted octanol–water partition coefficient (Wildman–Crippen LogP) is 4.00. The lowest BCUT2D eigenvalue weighted by molar-refractivity contribution is -0.205. The minimum atomic E-state index is -0.665. The molecule has 4 saturated carbocycles. The van der Waals surface area contributed by atoms with Crippen molar-refractivity contribution in [1.82, 2.24) is 0 Å². The second kappa shape index (κ2) is 7.82. The van der Waals surface area contributed by atoms with Crippen LogP contribution in [0.15, 0.2) is 0 Å². The first-order valence-corrected chi connectivity index (χ1v) is 12.9. The fourth-order valence-electron chi connectivity index (χ4n) is 9.00. The van der Waals surface area contributed by atoms with E-state index in [0.717, 1.165) is 64.1 Å². The highest BCUT2D eigenvalue weighted by atomic mass is 16.6. The van der Waals surface area contributed by atoms with Crippen molar-refractivity contribution in [3.05, 3.63) is 0 Å². The summed E-state index contributed by atoms with van der Waals surface area (Å²) in [4.78, 5) is 13.9. The summed E-state index contributed by atoms with van der Waals surface area (Å²) >= 11 is 0. The maximum Gasteiger partial charge on any atom is 0.457 e. The van der Waals surface area contributed by atoms with E-state index >= 15 is 0 Å². The molecule has 31 heavy (non-hydrogen) atoms. The molecule has 0 aromatic heterocycles. The number of hydrogen-bond donors (Lipinski definition) is 2. The standard InChI is InChI=1S/C25H41BO5/c1-4-5-12-26-30-15-21(29)25(31-26)11-9-19-18-7-6-16-13-17(27)8-10-23(16,2)22(18)20(28)14-24(19,25)3/h16-19,21-22,27,29H,4-15H2,1-3H3/t16-,17-,18+,19+,21+,22-,23+,24+,25+/m1/s1. The van der Waals surface area contributed by atoms with Gasteiger partial charge >= 0.3 is 7.12 Å². The highest BCUT2D eigenvalue weighted by Crippen LogP contribution is 2.68.